The minimum absolute atomic E-state index is 0.00995. The first-order valence-electron chi connectivity index (χ1n) is 8.10. The molecule has 0 unspecified atom stereocenters. The fourth-order valence-electron chi connectivity index (χ4n) is 1.98. The van der Waals surface area contributed by atoms with E-state index in [2.05, 4.69) is 10.3 Å². The summed E-state index contributed by atoms with van der Waals surface area (Å²) in [4.78, 5) is 4.00. The highest BCUT2D eigenvalue weighted by Gasteiger charge is 2.31. The Bertz CT molecular complexity index is 816. The van der Waals surface area contributed by atoms with E-state index in [0.717, 1.165) is 0 Å². The lowest BCUT2D eigenvalue weighted by molar-refractivity contribution is 0.117. The van der Waals surface area contributed by atoms with Crippen molar-refractivity contribution in [2.75, 3.05) is 18.5 Å². The number of pyridine rings is 1. The van der Waals surface area contributed by atoms with Gasteiger partial charge in [0.2, 0.25) is 0 Å². The lowest BCUT2D eigenvalue weighted by atomic mass is 10.3. The summed E-state index contributed by atoms with van der Waals surface area (Å²) in [5.41, 5.74) is 0.582. The molecule has 2 aromatic rings. The molecule has 0 bridgehead atoms. The van der Waals surface area contributed by atoms with Crippen LogP contribution in [0.25, 0.3) is 0 Å². The Hall–Kier alpha value is -2.19. The van der Waals surface area contributed by atoms with E-state index in [1.54, 1.807) is 26.8 Å². The van der Waals surface area contributed by atoms with Gasteiger partial charge in [0.05, 0.1) is 16.6 Å². The van der Waals surface area contributed by atoms with Crippen LogP contribution in [-0.2, 0) is 9.84 Å². The van der Waals surface area contributed by atoms with Crippen molar-refractivity contribution in [2.24, 2.45) is 0 Å². The number of hydrogen-bond donors (Lipinski definition) is 2. The SMILES string of the molecule is CC(C)(C)S(=O)(=O)c1ccc(NC[C@H](O)COc2ccc(F)cc2)cn1. The van der Waals surface area contributed by atoms with Gasteiger partial charge in [-0.3, -0.25) is 0 Å². The highest BCUT2D eigenvalue weighted by atomic mass is 32.2. The van der Waals surface area contributed by atoms with Crippen LogP contribution in [0.1, 0.15) is 20.8 Å². The Labute approximate surface area is 153 Å². The smallest absolute Gasteiger partial charge is 0.200 e. The Morgan fingerprint density at radius 1 is 1.19 bits per heavy atom. The van der Waals surface area contributed by atoms with Gasteiger partial charge in [-0.25, -0.2) is 17.8 Å². The van der Waals surface area contributed by atoms with Crippen LogP contribution in [0.2, 0.25) is 0 Å². The van der Waals surface area contributed by atoms with Crippen molar-refractivity contribution in [3.05, 3.63) is 48.4 Å². The summed E-state index contributed by atoms with van der Waals surface area (Å²) in [6, 6.07) is 8.54. The highest BCUT2D eigenvalue weighted by Crippen LogP contribution is 2.23. The Balaban J connectivity index is 1.86. The van der Waals surface area contributed by atoms with E-state index in [4.69, 9.17) is 4.74 Å². The molecule has 0 saturated heterocycles. The molecule has 0 fully saturated rings. The molecule has 0 saturated carbocycles. The van der Waals surface area contributed by atoms with E-state index in [1.165, 1.54) is 36.5 Å². The summed E-state index contributed by atoms with van der Waals surface area (Å²) in [6.45, 7) is 5.08. The van der Waals surface area contributed by atoms with Crippen LogP contribution in [0.4, 0.5) is 10.1 Å². The van der Waals surface area contributed by atoms with Crippen LogP contribution in [0.15, 0.2) is 47.6 Å². The van der Waals surface area contributed by atoms with Gasteiger partial charge in [-0.05, 0) is 57.2 Å². The van der Waals surface area contributed by atoms with Gasteiger partial charge in [-0.2, -0.15) is 0 Å². The van der Waals surface area contributed by atoms with Gasteiger partial charge in [0.25, 0.3) is 0 Å². The summed E-state index contributed by atoms with van der Waals surface area (Å²) in [5, 5.41) is 12.9. The number of aliphatic hydroxyl groups excluding tert-OH is 1. The third-order valence-corrected chi connectivity index (χ3v) is 6.02. The average molecular weight is 382 g/mol. The lowest BCUT2D eigenvalue weighted by Gasteiger charge is -2.18. The van der Waals surface area contributed by atoms with Gasteiger partial charge < -0.3 is 15.2 Å². The second-order valence-corrected chi connectivity index (χ2v) is 9.45. The highest BCUT2D eigenvalue weighted by molar-refractivity contribution is 7.92. The van der Waals surface area contributed by atoms with E-state index in [0.29, 0.717) is 11.4 Å². The van der Waals surface area contributed by atoms with E-state index in [-0.39, 0.29) is 24.0 Å². The molecule has 0 aliphatic rings. The largest absolute Gasteiger partial charge is 0.491 e. The molecule has 1 heterocycles. The number of aliphatic hydroxyl groups is 1. The molecule has 1 aromatic heterocycles. The van der Waals surface area contributed by atoms with Crippen molar-refractivity contribution < 1.29 is 22.7 Å². The number of aromatic nitrogens is 1. The van der Waals surface area contributed by atoms with Crippen LogP contribution in [-0.4, -0.2) is 42.5 Å². The van der Waals surface area contributed by atoms with Gasteiger partial charge in [0, 0.05) is 6.54 Å². The van der Waals surface area contributed by atoms with Crippen molar-refractivity contribution in [1.29, 1.82) is 0 Å². The molecule has 1 aromatic carbocycles. The molecule has 1 atom stereocenters. The molecule has 26 heavy (non-hydrogen) atoms. The first kappa shape index (κ1) is 20.1. The van der Waals surface area contributed by atoms with Gasteiger partial charge in [0.15, 0.2) is 14.9 Å². The number of halogens is 1. The van der Waals surface area contributed by atoms with Crippen LogP contribution < -0.4 is 10.1 Å². The molecule has 2 rings (SSSR count). The van der Waals surface area contributed by atoms with Gasteiger partial charge >= 0.3 is 0 Å². The number of anilines is 1. The van der Waals surface area contributed by atoms with Crippen LogP contribution in [0, 0.1) is 5.82 Å². The fourth-order valence-corrected chi connectivity index (χ4v) is 3.04. The monoisotopic (exact) mass is 382 g/mol. The van der Waals surface area contributed by atoms with Crippen LogP contribution in [0.5, 0.6) is 5.75 Å². The summed E-state index contributed by atoms with van der Waals surface area (Å²) in [5.74, 6) is 0.104. The standard InChI is InChI=1S/C18H23FN2O4S/c1-18(2,3)26(23,24)17-9-6-14(10-21-17)20-11-15(22)12-25-16-7-4-13(19)5-8-16/h4-10,15,20,22H,11-12H2,1-3H3/t15-/m0/s1. The molecular weight excluding hydrogens is 359 g/mol. The lowest BCUT2D eigenvalue weighted by Crippen LogP contribution is -2.29. The van der Waals surface area contributed by atoms with Crippen molar-refractivity contribution in [1.82, 2.24) is 4.98 Å². The first-order chi connectivity index (χ1) is 12.1. The normalized spacial score (nSPS) is 13.3. The molecular formula is C18H23FN2O4S. The predicted octanol–water partition coefficient (Wildman–Crippen LogP) is 2.64. The molecule has 0 aliphatic carbocycles. The zero-order valence-corrected chi connectivity index (χ0v) is 15.8. The van der Waals surface area contributed by atoms with E-state index in [9.17, 15) is 17.9 Å². The number of nitrogens with zero attached hydrogens (tertiary/aromatic N) is 1. The molecule has 2 N–H and O–H groups in total. The average Bonchev–Trinajstić information content (AvgIpc) is 2.59. The van der Waals surface area contributed by atoms with Crippen molar-refractivity contribution in [3.8, 4) is 5.75 Å². The van der Waals surface area contributed by atoms with Crippen LogP contribution in [0.3, 0.4) is 0 Å². The van der Waals surface area contributed by atoms with E-state index >= 15 is 0 Å². The topological polar surface area (TPSA) is 88.5 Å². The summed E-state index contributed by atoms with van der Waals surface area (Å²) in [6.07, 6.45) is 0.602. The predicted molar refractivity (Wildman–Crippen MR) is 97.6 cm³/mol. The van der Waals surface area contributed by atoms with Crippen molar-refractivity contribution >= 4 is 15.5 Å². The molecule has 142 valence electrons. The number of rotatable bonds is 7. The number of nitrogens with one attached hydrogen (secondary N) is 1. The molecule has 0 spiro atoms. The fraction of sp³-hybridized carbons (Fsp3) is 0.389. The van der Waals surface area contributed by atoms with Gasteiger partial charge in [0.1, 0.15) is 24.3 Å². The van der Waals surface area contributed by atoms with E-state index in [1.807, 2.05) is 0 Å². The second kappa shape index (κ2) is 8.01. The van der Waals surface area contributed by atoms with Crippen molar-refractivity contribution in [2.45, 2.75) is 36.6 Å². The summed E-state index contributed by atoms with van der Waals surface area (Å²) in [7, 11) is -3.50. The second-order valence-electron chi connectivity index (χ2n) is 6.80. The minimum Gasteiger partial charge on any atom is -0.491 e. The van der Waals surface area contributed by atoms with Crippen LogP contribution >= 0.6 is 0 Å². The maximum absolute atomic E-state index is 12.8. The number of benzene rings is 1. The minimum atomic E-state index is -3.50. The Morgan fingerprint density at radius 2 is 1.85 bits per heavy atom. The maximum Gasteiger partial charge on any atom is 0.200 e. The maximum atomic E-state index is 12.8. The Morgan fingerprint density at radius 3 is 2.38 bits per heavy atom. The quantitative estimate of drug-likeness (QED) is 0.765. The third-order valence-electron chi connectivity index (χ3n) is 3.62. The molecule has 6 nitrogen and oxygen atoms in total. The summed E-state index contributed by atoms with van der Waals surface area (Å²) < 4.78 is 41.9. The first-order valence-corrected chi connectivity index (χ1v) is 9.59. The number of ether oxygens (including phenoxy) is 1. The van der Waals surface area contributed by atoms with Gasteiger partial charge in [-0.1, -0.05) is 0 Å². The van der Waals surface area contributed by atoms with E-state index < -0.39 is 20.7 Å². The van der Waals surface area contributed by atoms with Gasteiger partial charge in [-0.15, -0.1) is 0 Å². The summed E-state index contributed by atoms with van der Waals surface area (Å²) >= 11 is 0. The third kappa shape index (κ3) is 5.15. The molecule has 0 aliphatic heterocycles. The zero-order chi connectivity index (χ0) is 19.4. The Kier molecular flexibility index (Phi) is 6.20. The molecule has 0 radical (unpaired) electrons. The number of sulfone groups is 1. The molecule has 8 heteroatoms. The molecule has 0 amide bonds. The van der Waals surface area contributed by atoms with Crippen molar-refractivity contribution in [3.63, 3.8) is 0 Å². The number of hydrogen-bond acceptors (Lipinski definition) is 6. The zero-order valence-electron chi connectivity index (χ0n) is 14.9.